The minimum Gasteiger partial charge on any atom is -0.370 e. The maximum Gasteiger partial charge on any atom is 0.416 e. The highest BCUT2D eigenvalue weighted by Crippen LogP contribution is 2.36. The van der Waals surface area contributed by atoms with Crippen molar-refractivity contribution in [2.45, 2.75) is 32.4 Å². The molecule has 0 saturated carbocycles. The molecule has 1 aliphatic rings. The van der Waals surface area contributed by atoms with Crippen LogP contribution in [0.4, 0.5) is 24.5 Å². The second kappa shape index (κ2) is 9.77. The number of likely N-dealkylation sites (N-methyl/N-ethyl adjacent to an activating group) is 1. The van der Waals surface area contributed by atoms with E-state index in [4.69, 9.17) is 0 Å². The largest absolute Gasteiger partial charge is 0.416 e. The summed E-state index contributed by atoms with van der Waals surface area (Å²) in [6, 6.07) is 3.44. The predicted molar refractivity (Wildman–Crippen MR) is 101 cm³/mol. The van der Waals surface area contributed by atoms with Crippen LogP contribution in [-0.4, -0.2) is 51.6 Å². The lowest BCUT2D eigenvalue weighted by molar-refractivity contribution is -0.862. The Balaban J connectivity index is 2.07. The first-order valence-corrected chi connectivity index (χ1v) is 9.54. The zero-order valence-corrected chi connectivity index (χ0v) is 16.3. The van der Waals surface area contributed by atoms with E-state index in [0.29, 0.717) is 17.1 Å². The van der Waals surface area contributed by atoms with Gasteiger partial charge in [-0.15, -0.1) is 0 Å². The van der Waals surface area contributed by atoms with E-state index in [-0.39, 0.29) is 24.7 Å². The van der Waals surface area contributed by atoms with Crippen LogP contribution < -0.4 is 20.4 Å². The number of carbonyl (C=O) groups is 2. The molecule has 0 aliphatic carbocycles. The average Bonchev–Trinajstić information content (AvgIpc) is 3.13. The van der Waals surface area contributed by atoms with Crippen LogP contribution in [0, 0.1) is 0 Å². The molecule has 0 spiro atoms. The summed E-state index contributed by atoms with van der Waals surface area (Å²) >= 11 is 0. The maximum atomic E-state index is 13.1. The first-order chi connectivity index (χ1) is 13.2. The van der Waals surface area contributed by atoms with Gasteiger partial charge < -0.3 is 20.4 Å². The first-order valence-electron chi connectivity index (χ1n) is 9.54. The Morgan fingerprint density at radius 2 is 1.79 bits per heavy atom. The molecule has 1 aromatic carbocycles. The SMILES string of the molecule is CCCNC(=O)C[NH+](C)CC(=O)Nc1cc(C(F)(F)F)ccc1N1CCCC1. The van der Waals surface area contributed by atoms with E-state index in [1.165, 1.54) is 6.07 Å². The van der Waals surface area contributed by atoms with Crippen LogP contribution in [0.5, 0.6) is 0 Å². The molecular weight excluding hydrogens is 373 g/mol. The molecule has 6 nitrogen and oxygen atoms in total. The highest BCUT2D eigenvalue weighted by molar-refractivity contribution is 5.95. The fraction of sp³-hybridized carbons (Fsp3) is 0.579. The number of nitrogens with one attached hydrogen (secondary N) is 3. The second-order valence-electron chi connectivity index (χ2n) is 7.13. The molecule has 156 valence electrons. The van der Waals surface area contributed by atoms with E-state index in [2.05, 4.69) is 10.6 Å². The summed E-state index contributed by atoms with van der Waals surface area (Å²) in [6.07, 6.45) is -1.73. The third-order valence-electron chi connectivity index (χ3n) is 4.54. The van der Waals surface area contributed by atoms with Crippen molar-refractivity contribution in [1.29, 1.82) is 0 Å². The topological polar surface area (TPSA) is 65.9 Å². The lowest BCUT2D eigenvalue weighted by Gasteiger charge is -2.23. The van der Waals surface area contributed by atoms with Crippen LogP contribution in [0.15, 0.2) is 18.2 Å². The Labute approximate surface area is 163 Å². The summed E-state index contributed by atoms with van der Waals surface area (Å²) in [5.74, 6) is -0.593. The van der Waals surface area contributed by atoms with Crippen molar-refractivity contribution in [1.82, 2.24) is 5.32 Å². The van der Waals surface area contributed by atoms with E-state index < -0.39 is 17.6 Å². The van der Waals surface area contributed by atoms with Crippen molar-refractivity contribution in [2.24, 2.45) is 0 Å². The number of amides is 2. The molecule has 3 N–H and O–H groups in total. The second-order valence-corrected chi connectivity index (χ2v) is 7.13. The standard InChI is InChI=1S/C19H27F3N4O2/c1-3-8-23-17(27)12-25(2)13-18(28)24-15-11-14(19(20,21)22)6-7-16(15)26-9-4-5-10-26/h6-7,11H,3-5,8-10,12-13H2,1-2H3,(H,23,27)(H,24,28)/p+1. The van der Waals surface area contributed by atoms with Gasteiger partial charge in [-0.25, -0.2) is 0 Å². The van der Waals surface area contributed by atoms with Crippen LogP contribution in [0.25, 0.3) is 0 Å². The fourth-order valence-corrected chi connectivity index (χ4v) is 3.18. The summed E-state index contributed by atoms with van der Waals surface area (Å²) in [6.45, 7) is 4.11. The quantitative estimate of drug-likeness (QED) is 0.615. The minimum atomic E-state index is -4.48. The lowest BCUT2D eigenvalue weighted by Crippen LogP contribution is -3.11. The molecule has 1 atom stereocenters. The van der Waals surface area contributed by atoms with Gasteiger partial charge >= 0.3 is 6.18 Å². The Morgan fingerprint density at radius 1 is 1.14 bits per heavy atom. The molecule has 28 heavy (non-hydrogen) atoms. The van der Waals surface area contributed by atoms with Gasteiger partial charge in [-0.3, -0.25) is 9.59 Å². The number of nitrogens with zero attached hydrogens (tertiary/aromatic N) is 1. The van der Waals surface area contributed by atoms with Gasteiger partial charge in [0.15, 0.2) is 13.1 Å². The Hall–Kier alpha value is -2.29. The molecule has 2 rings (SSSR count). The summed E-state index contributed by atoms with van der Waals surface area (Å²) in [4.78, 5) is 26.8. The number of alkyl halides is 3. The molecule has 0 aromatic heterocycles. The van der Waals surface area contributed by atoms with Crippen molar-refractivity contribution in [3.05, 3.63) is 23.8 Å². The summed E-state index contributed by atoms with van der Waals surface area (Å²) in [5.41, 5.74) is -0.0486. The van der Waals surface area contributed by atoms with E-state index in [0.717, 1.165) is 44.5 Å². The molecular formula is C19H28F3N4O2+. The van der Waals surface area contributed by atoms with Gasteiger partial charge in [0.25, 0.3) is 11.8 Å². The van der Waals surface area contributed by atoms with Crippen LogP contribution in [0.1, 0.15) is 31.7 Å². The van der Waals surface area contributed by atoms with E-state index in [1.807, 2.05) is 11.8 Å². The molecule has 1 aromatic rings. The van der Waals surface area contributed by atoms with Gasteiger partial charge in [0.05, 0.1) is 24.0 Å². The van der Waals surface area contributed by atoms with Crippen molar-refractivity contribution in [3.63, 3.8) is 0 Å². The number of anilines is 2. The van der Waals surface area contributed by atoms with Crippen LogP contribution >= 0.6 is 0 Å². The van der Waals surface area contributed by atoms with Gasteiger partial charge in [0.2, 0.25) is 0 Å². The van der Waals surface area contributed by atoms with Gasteiger partial charge in [-0.1, -0.05) is 6.92 Å². The molecule has 2 amide bonds. The normalized spacial score (nSPS) is 15.4. The van der Waals surface area contributed by atoms with Crippen LogP contribution in [0.2, 0.25) is 0 Å². The van der Waals surface area contributed by atoms with Gasteiger partial charge in [0.1, 0.15) is 0 Å². The fourth-order valence-electron chi connectivity index (χ4n) is 3.18. The molecule has 1 heterocycles. The smallest absolute Gasteiger partial charge is 0.370 e. The van der Waals surface area contributed by atoms with Crippen molar-refractivity contribution < 1.29 is 27.7 Å². The highest BCUT2D eigenvalue weighted by Gasteiger charge is 2.32. The zero-order valence-electron chi connectivity index (χ0n) is 16.3. The Bertz CT molecular complexity index is 688. The van der Waals surface area contributed by atoms with E-state index >= 15 is 0 Å². The number of benzene rings is 1. The first kappa shape index (κ1) is 22.0. The number of quaternary nitrogens is 1. The van der Waals surface area contributed by atoms with E-state index in [9.17, 15) is 22.8 Å². The van der Waals surface area contributed by atoms with Crippen LogP contribution in [0.3, 0.4) is 0 Å². The molecule has 1 unspecified atom stereocenters. The third kappa shape index (κ3) is 6.40. The lowest BCUT2D eigenvalue weighted by atomic mass is 10.1. The maximum absolute atomic E-state index is 13.1. The Kier molecular flexibility index (Phi) is 7.68. The van der Waals surface area contributed by atoms with Crippen LogP contribution in [-0.2, 0) is 15.8 Å². The molecule has 9 heteroatoms. The van der Waals surface area contributed by atoms with Gasteiger partial charge in [-0.2, -0.15) is 13.2 Å². The average molecular weight is 401 g/mol. The molecule has 1 saturated heterocycles. The van der Waals surface area contributed by atoms with Gasteiger partial charge in [0, 0.05) is 19.6 Å². The molecule has 0 bridgehead atoms. The molecule has 1 aliphatic heterocycles. The number of hydrogen-bond acceptors (Lipinski definition) is 3. The minimum absolute atomic E-state index is 0.0186. The van der Waals surface area contributed by atoms with Crippen molar-refractivity contribution >= 4 is 23.2 Å². The summed E-state index contributed by atoms with van der Waals surface area (Å²) < 4.78 is 39.3. The van der Waals surface area contributed by atoms with Gasteiger partial charge in [-0.05, 0) is 37.5 Å². The monoisotopic (exact) mass is 401 g/mol. The molecule has 1 fully saturated rings. The summed E-state index contributed by atoms with van der Waals surface area (Å²) in [7, 11) is 1.69. The molecule has 0 radical (unpaired) electrons. The number of halogens is 3. The van der Waals surface area contributed by atoms with Crippen molar-refractivity contribution in [2.75, 3.05) is 50.0 Å². The van der Waals surface area contributed by atoms with E-state index in [1.54, 1.807) is 7.05 Å². The Morgan fingerprint density at radius 3 is 2.39 bits per heavy atom. The summed E-state index contributed by atoms with van der Waals surface area (Å²) in [5, 5.41) is 5.35. The zero-order chi connectivity index (χ0) is 20.7. The third-order valence-corrected chi connectivity index (χ3v) is 4.54. The number of rotatable bonds is 8. The predicted octanol–water partition coefficient (Wildman–Crippen LogP) is 1.29. The number of hydrogen-bond donors (Lipinski definition) is 3. The number of carbonyl (C=O) groups excluding carboxylic acids is 2. The van der Waals surface area contributed by atoms with Crippen molar-refractivity contribution in [3.8, 4) is 0 Å². The highest BCUT2D eigenvalue weighted by atomic mass is 19.4.